The number of hydrogen-bond acceptors (Lipinski definition) is 1. The number of aliphatic carboxylic acids is 1. The van der Waals surface area contributed by atoms with E-state index in [9.17, 15) is 9.90 Å². The summed E-state index contributed by atoms with van der Waals surface area (Å²) in [4.78, 5) is 11.4. The molecule has 0 bridgehead atoms. The predicted molar refractivity (Wildman–Crippen MR) is 106 cm³/mol. The fourth-order valence-electron chi connectivity index (χ4n) is 3.44. The van der Waals surface area contributed by atoms with E-state index in [1.807, 2.05) is 0 Å². The number of carboxylic acid groups (broad SMARTS) is 1. The molecule has 0 saturated heterocycles. The Morgan fingerprint density at radius 3 is 1.16 bits per heavy atom. The zero-order valence-corrected chi connectivity index (χ0v) is 18.6. The van der Waals surface area contributed by atoms with E-state index in [-0.39, 0.29) is 25.4 Å². The Balaban J connectivity index is 0. The smallest absolute Gasteiger partial charge is 0.306 e. The molecule has 0 heterocycles. The van der Waals surface area contributed by atoms with Crippen LogP contribution in [0.15, 0.2) is 0 Å². The summed E-state index contributed by atoms with van der Waals surface area (Å²) in [5.74, 6) is -0.661. The number of rotatable bonds is 19. The van der Waals surface area contributed by atoms with E-state index in [0.717, 1.165) is 25.7 Å². The average Bonchev–Trinajstić information content (AvgIpc) is 2.57. The summed E-state index contributed by atoms with van der Waals surface area (Å²) >= 11 is 0. The van der Waals surface area contributed by atoms with Crippen LogP contribution in [0.3, 0.4) is 0 Å². The Bertz CT molecular complexity index is 249. The average molecular weight is 443 g/mol. The maximum atomic E-state index is 11.4. The van der Waals surface area contributed by atoms with Gasteiger partial charge in [0.15, 0.2) is 0 Å². The van der Waals surface area contributed by atoms with Crippen LogP contribution in [-0.2, 0) is 24.3 Å². The molecule has 3 heteroatoms. The van der Waals surface area contributed by atoms with E-state index in [4.69, 9.17) is 0 Å². The number of carbonyl (C=O) groups is 1. The molecule has 0 aromatic rings. The maximum absolute atomic E-state index is 11.4. The van der Waals surface area contributed by atoms with Gasteiger partial charge in [-0.1, -0.05) is 117 Å². The van der Waals surface area contributed by atoms with E-state index >= 15 is 0 Å². The fraction of sp³-hybridized carbons (Fsp3) is 0.955. The quantitative estimate of drug-likeness (QED) is 0.164. The van der Waals surface area contributed by atoms with Gasteiger partial charge in [0, 0.05) is 19.5 Å². The molecule has 0 amide bonds. The van der Waals surface area contributed by atoms with Gasteiger partial charge in [-0.25, -0.2) is 0 Å². The van der Waals surface area contributed by atoms with Crippen LogP contribution >= 0.6 is 0 Å². The first kappa shape index (κ1) is 27.3. The molecule has 0 rings (SSSR count). The Kier molecular flexibility index (Phi) is 24.2. The SMILES string of the molecule is CCCCCCCCCCC(CCCCCCCCCC)C(=O)O.[Rh]. The van der Waals surface area contributed by atoms with Crippen LogP contribution in [0.1, 0.15) is 129 Å². The van der Waals surface area contributed by atoms with Gasteiger partial charge in [-0.2, -0.15) is 0 Å². The Morgan fingerprint density at radius 1 is 0.600 bits per heavy atom. The fourth-order valence-corrected chi connectivity index (χ4v) is 3.44. The third-order valence-corrected chi connectivity index (χ3v) is 5.16. The molecule has 0 saturated carbocycles. The van der Waals surface area contributed by atoms with Crippen molar-refractivity contribution in [2.75, 3.05) is 0 Å². The van der Waals surface area contributed by atoms with Gasteiger partial charge >= 0.3 is 5.97 Å². The molecule has 0 aromatic carbocycles. The largest absolute Gasteiger partial charge is 0.481 e. The minimum absolute atomic E-state index is 0. The maximum Gasteiger partial charge on any atom is 0.306 e. The molecular weight excluding hydrogens is 399 g/mol. The van der Waals surface area contributed by atoms with Gasteiger partial charge in [-0.3, -0.25) is 4.79 Å². The van der Waals surface area contributed by atoms with Gasteiger partial charge in [0.05, 0.1) is 5.92 Å². The normalized spacial score (nSPS) is 10.8. The molecule has 0 aliphatic heterocycles. The Hall–Kier alpha value is 0.0934. The Morgan fingerprint density at radius 2 is 0.880 bits per heavy atom. The van der Waals surface area contributed by atoms with Gasteiger partial charge in [-0.15, -0.1) is 0 Å². The summed E-state index contributed by atoms with van der Waals surface area (Å²) in [5, 5.41) is 9.37. The van der Waals surface area contributed by atoms with Gasteiger partial charge in [0.25, 0.3) is 0 Å². The van der Waals surface area contributed by atoms with Gasteiger partial charge in [0.1, 0.15) is 0 Å². The molecule has 1 radical (unpaired) electrons. The molecule has 25 heavy (non-hydrogen) atoms. The van der Waals surface area contributed by atoms with Crippen molar-refractivity contribution in [2.24, 2.45) is 5.92 Å². The molecular formula is C22H44O2Rh. The minimum Gasteiger partial charge on any atom is -0.481 e. The zero-order chi connectivity index (χ0) is 17.9. The molecule has 153 valence electrons. The van der Waals surface area contributed by atoms with Crippen LogP contribution in [0.25, 0.3) is 0 Å². The molecule has 0 aliphatic carbocycles. The van der Waals surface area contributed by atoms with Crippen molar-refractivity contribution in [3.63, 3.8) is 0 Å². The number of hydrogen-bond donors (Lipinski definition) is 1. The van der Waals surface area contributed by atoms with Crippen molar-refractivity contribution >= 4 is 5.97 Å². The van der Waals surface area contributed by atoms with Crippen LogP contribution in [0, 0.1) is 5.92 Å². The zero-order valence-electron chi connectivity index (χ0n) is 17.0. The van der Waals surface area contributed by atoms with Crippen LogP contribution < -0.4 is 0 Å². The second-order valence-corrected chi connectivity index (χ2v) is 7.56. The summed E-state index contributed by atoms with van der Waals surface area (Å²) < 4.78 is 0. The molecule has 1 N–H and O–H groups in total. The van der Waals surface area contributed by atoms with Crippen LogP contribution in [0.2, 0.25) is 0 Å². The van der Waals surface area contributed by atoms with E-state index < -0.39 is 5.97 Å². The minimum atomic E-state index is -0.569. The van der Waals surface area contributed by atoms with Crippen molar-refractivity contribution < 1.29 is 29.4 Å². The monoisotopic (exact) mass is 443 g/mol. The predicted octanol–water partition coefficient (Wildman–Crippen LogP) is 7.75. The van der Waals surface area contributed by atoms with Gasteiger partial charge in [-0.05, 0) is 12.8 Å². The molecule has 0 atom stereocenters. The third kappa shape index (κ3) is 20.3. The van der Waals surface area contributed by atoms with E-state index in [2.05, 4.69) is 13.8 Å². The van der Waals surface area contributed by atoms with Crippen molar-refractivity contribution in [2.45, 2.75) is 129 Å². The molecule has 0 spiro atoms. The van der Waals surface area contributed by atoms with Crippen LogP contribution in [-0.4, -0.2) is 11.1 Å². The molecule has 0 unspecified atom stereocenters. The van der Waals surface area contributed by atoms with Gasteiger partial charge < -0.3 is 5.11 Å². The summed E-state index contributed by atoms with van der Waals surface area (Å²) in [6.45, 7) is 4.50. The molecule has 0 aliphatic rings. The summed E-state index contributed by atoms with van der Waals surface area (Å²) in [5.41, 5.74) is 0. The number of carboxylic acids is 1. The van der Waals surface area contributed by atoms with Gasteiger partial charge in [0.2, 0.25) is 0 Å². The van der Waals surface area contributed by atoms with Crippen molar-refractivity contribution in [1.29, 1.82) is 0 Å². The summed E-state index contributed by atoms with van der Waals surface area (Å²) in [7, 11) is 0. The van der Waals surface area contributed by atoms with E-state index in [1.54, 1.807) is 0 Å². The second-order valence-electron chi connectivity index (χ2n) is 7.56. The van der Waals surface area contributed by atoms with E-state index in [1.165, 1.54) is 89.9 Å². The Labute approximate surface area is 170 Å². The first-order chi connectivity index (χ1) is 11.7. The first-order valence-electron chi connectivity index (χ1n) is 10.9. The second kappa shape index (κ2) is 22.1. The van der Waals surface area contributed by atoms with Crippen molar-refractivity contribution in [1.82, 2.24) is 0 Å². The molecule has 0 fully saturated rings. The van der Waals surface area contributed by atoms with Crippen molar-refractivity contribution in [3.8, 4) is 0 Å². The van der Waals surface area contributed by atoms with Crippen LogP contribution in [0.4, 0.5) is 0 Å². The summed E-state index contributed by atoms with van der Waals surface area (Å²) in [6, 6.07) is 0. The number of unbranched alkanes of at least 4 members (excludes halogenated alkanes) is 14. The molecule has 2 nitrogen and oxygen atoms in total. The standard InChI is InChI=1S/C22H44O2.Rh/c1-3-5-7-9-11-13-15-17-19-21(22(23)24)20-18-16-14-12-10-8-6-4-2;/h21H,3-20H2,1-2H3,(H,23,24);. The summed E-state index contributed by atoms with van der Waals surface area (Å²) in [6.07, 6.45) is 22.4. The first-order valence-corrected chi connectivity index (χ1v) is 10.9. The third-order valence-electron chi connectivity index (χ3n) is 5.16. The molecule has 0 aromatic heterocycles. The van der Waals surface area contributed by atoms with Crippen molar-refractivity contribution in [3.05, 3.63) is 0 Å². The van der Waals surface area contributed by atoms with E-state index in [0.29, 0.717) is 0 Å². The topological polar surface area (TPSA) is 37.3 Å². The van der Waals surface area contributed by atoms with Crippen LogP contribution in [0.5, 0.6) is 0 Å².